The molecular formula is C46H46Cl4F3N9O5. The minimum Gasteiger partial charge on any atom is -0.478 e. The number of carboxylic acid groups (broad SMARTS) is 1. The van der Waals surface area contributed by atoms with Gasteiger partial charge in [-0.3, -0.25) is 0 Å². The van der Waals surface area contributed by atoms with Crippen LogP contribution in [0.1, 0.15) is 27.0 Å². The van der Waals surface area contributed by atoms with Crippen molar-refractivity contribution in [2.45, 2.75) is 19.3 Å². The highest BCUT2D eigenvalue weighted by atomic mass is 35.5. The molecule has 0 amide bonds. The van der Waals surface area contributed by atoms with Crippen LogP contribution < -0.4 is 30.6 Å². The van der Waals surface area contributed by atoms with Gasteiger partial charge in [-0.05, 0) is 91.0 Å². The molecule has 7 rings (SSSR count). The van der Waals surface area contributed by atoms with Crippen LogP contribution in [0.2, 0.25) is 15.5 Å². The van der Waals surface area contributed by atoms with Gasteiger partial charge in [0.1, 0.15) is 44.5 Å². The van der Waals surface area contributed by atoms with Gasteiger partial charge in [-0.1, -0.05) is 83.3 Å². The zero-order valence-electron chi connectivity index (χ0n) is 36.2. The fourth-order valence-corrected chi connectivity index (χ4v) is 5.98. The highest BCUT2D eigenvalue weighted by Gasteiger charge is 2.10. The number of aromatic carboxylic acids is 1. The standard InChI is InChI=1S/C20H18FN3O3.C13H13ClFN3O.C8H10FN.C5H4Cl2N2O.ClH/c1-27-20-23-17(14-3-2-4-15(11-14)19(25)26)12-18(24-20)22-10-9-13-5-7-16(21)8-6-13;1-19-13-17-11(14)8-12(18-13)16-7-6-9-2-4-10(15)5-3-9;9-8-3-1-7(2-4-8)5-6-10;1-10-5-8-3(6)2-4(7)9-5;/h2-8,11-12H,9-10H2,1H3,(H,25,26)(H,22,23,24);2-5,8H,6-7H2,1H3,(H,16,17,18);1-4H,5-6,10H2;2H,1H3;1H. The topological polar surface area (TPSA) is 192 Å². The first-order chi connectivity index (χ1) is 31.8. The second-order valence-corrected chi connectivity index (χ2v) is 14.5. The number of nitrogens with zero attached hydrogens (tertiary/aromatic N) is 6. The van der Waals surface area contributed by atoms with Crippen LogP contribution in [-0.4, -0.2) is 81.9 Å². The Morgan fingerprint density at radius 3 is 1.40 bits per heavy atom. The third-order valence-corrected chi connectivity index (χ3v) is 9.17. The van der Waals surface area contributed by atoms with Gasteiger partial charge in [0.15, 0.2) is 0 Å². The zero-order chi connectivity index (χ0) is 47.8. The van der Waals surface area contributed by atoms with Gasteiger partial charge in [0, 0.05) is 36.9 Å². The largest absolute Gasteiger partial charge is 0.478 e. The highest BCUT2D eigenvalue weighted by Crippen LogP contribution is 2.24. The zero-order valence-corrected chi connectivity index (χ0v) is 39.3. The predicted octanol–water partition coefficient (Wildman–Crippen LogP) is 10.1. The number of anilines is 2. The first kappa shape index (κ1) is 54.8. The summed E-state index contributed by atoms with van der Waals surface area (Å²) in [5.74, 6) is -0.542. The van der Waals surface area contributed by atoms with Crippen LogP contribution in [0, 0.1) is 17.5 Å². The molecular weight excluding hydrogens is 957 g/mol. The number of methoxy groups -OCH3 is 3. The summed E-state index contributed by atoms with van der Waals surface area (Å²) in [4.78, 5) is 35.1. The normalized spacial score (nSPS) is 10.0. The van der Waals surface area contributed by atoms with Crippen molar-refractivity contribution < 1.29 is 37.3 Å². The molecule has 354 valence electrons. The van der Waals surface area contributed by atoms with Crippen LogP contribution in [0.4, 0.5) is 24.8 Å². The Kier molecular flexibility index (Phi) is 23.9. The van der Waals surface area contributed by atoms with Crippen molar-refractivity contribution in [2.24, 2.45) is 5.73 Å². The molecule has 0 spiro atoms. The van der Waals surface area contributed by atoms with Gasteiger partial charge >= 0.3 is 24.0 Å². The maximum absolute atomic E-state index is 13.0. The van der Waals surface area contributed by atoms with E-state index < -0.39 is 5.97 Å². The number of hydrogen-bond acceptors (Lipinski definition) is 13. The molecule has 14 nitrogen and oxygen atoms in total. The molecule has 0 fully saturated rings. The van der Waals surface area contributed by atoms with E-state index in [0.29, 0.717) is 54.1 Å². The maximum atomic E-state index is 13.0. The summed E-state index contributed by atoms with van der Waals surface area (Å²) < 4.78 is 52.8. The van der Waals surface area contributed by atoms with E-state index in [-0.39, 0.29) is 63.8 Å². The van der Waals surface area contributed by atoms with Gasteiger partial charge in [-0.25, -0.2) is 18.0 Å². The summed E-state index contributed by atoms with van der Waals surface area (Å²) in [6, 6.07) is 31.0. The summed E-state index contributed by atoms with van der Waals surface area (Å²) >= 11 is 16.9. The molecule has 0 aliphatic rings. The molecule has 0 saturated heterocycles. The number of nitrogens with two attached hydrogens (primary N) is 1. The van der Waals surface area contributed by atoms with Gasteiger partial charge in [-0.2, -0.15) is 29.9 Å². The number of aromatic nitrogens is 6. The van der Waals surface area contributed by atoms with Crippen LogP contribution in [0.15, 0.2) is 115 Å². The molecule has 21 heteroatoms. The molecule has 0 atom stereocenters. The Labute approximate surface area is 406 Å². The highest BCUT2D eigenvalue weighted by molar-refractivity contribution is 6.33. The summed E-state index contributed by atoms with van der Waals surface area (Å²) in [5, 5.41) is 16.3. The van der Waals surface area contributed by atoms with Gasteiger partial charge in [0.05, 0.1) is 32.6 Å². The number of rotatable bonds is 15. The SMILES string of the molecule is COc1nc(Cl)cc(Cl)n1.COc1nc(Cl)cc(NCCc2ccc(F)cc2)n1.COc1nc(NCCc2ccc(F)cc2)cc(-c2cccc(C(=O)O)c2)n1.Cl.NCCc1ccc(F)cc1. The lowest BCUT2D eigenvalue weighted by molar-refractivity contribution is 0.0697. The molecule has 0 aliphatic carbocycles. The van der Waals surface area contributed by atoms with Crippen molar-refractivity contribution in [3.05, 3.63) is 170 Å². The summed E-state index contributed by atoms with van der Waals surface area (Å²) in [6.45, 7) is 1.86. The third-order valence-electron chi connectivity index (χ3n) is 8.59. The smallest absolute Gasteiger partial charge is 0.335 e. The molecule has 5 N–H and O–H groups in total. The Balaban J connectivity index is 0.000000257. The molecule has 67 heavy (non-hydrogen) atoms. The molecule has 4 aromatic carbocycles. The Morgan fingerprint density at radius 2 is 0.970 bits per heavy atom. The molecule has 0 saturated carbocycles. The molecule has 0 unspecified atom stereocenters. The van der Waals surface area contributed by atoms with E-state index in [0.717, 1.165) is 29.5 Å². The second kappa shape index (κ2) is 29.2. The lowest BCUT2D eigenvalue weighted by Crippen LogP contribution is -2.08. The number of carbonyl (C=O) groups is 1. The number of halogens is 7. The van der Waals surface area contributed by atoms with Crippen molar-refractivity contribution in [2.75, 3.05) is 51.6 Å². The van der Waals surface area contributed by atoms with Crippen LogP contribution in [-0.2, 0) is 19.3 Å². The minimum atomic E-state index is -1.00. The van der Waals surface area contributed by atoms with E-state index in [4.69, 9.17) is 55.1 Å². The van der Waals surface area contributed by atoms with Crippen LogP contribution in [0.3, 0.4) is 0 Å². The molecule has 0 bridgehead atoms. The third kappa shape index (κ3) is 20.3. The van der Waals surface area contributed by atoms with Crippen molar-refractivity contribution in [1.82, 2.24) is 29.9 Å². The summed E-state index contributed by atoms with van der Waals surface area (Å²) in [6.07, 6.45) is 2.26. The van der Waals surface area contributed by atoms with E-state index in [1.807, 2.05) is 0 Å². The Bertz CT molecular complexity index is 2570. The van der Waals surface area contributed by atoms with E-state index >= 15 is 0 Å². The van der Waals surface area contributed by atoms with Crippen LogP contribution in [0.5, 0.6) is 18.0 Å². The molecule has 7 aromatic rings. The average Bonchev–Trinajstić information content (AvgIpc) is 3.31. The quantitative estimate of drug-likeness (QED) is 0.0709. The van der Waals surface area contributed by atoms with Crippen molar-refractivity contribution >= 4 is 64.8 Å². The molecule has 0 aliphatic heterocycles. The first-order valence-corrected chi connectivity index (χ1v) is 20.9. The van der Waals surface area contributed by atoms with E-state index in [9.17, 15) is 18.0 Å². The molecule has 3 heterocycles. The second-order valence-electron chi connectivity index (χ2n) is 13.3. The van der Waals surface area contributed by atoms with Gasteiger partial charge < -0.3 is 35.7 Å². The average molecular weight is 1000 g/mol. The van der Waals surface area contributed by atoms with E-state index in [2.05, 4.69) is 45.3 Å². The summed E-state index contributed by atoms with van der Waals surface area (Å²) in [7, 11) is 4.39. The van der Waals surface area contributed by atoms with E-state index in [1.165, 1.54) is 69.9 Å². The minimum absolute atomic E-state index is 0. The van der Waals surface area contributed by atoms with Gasteiger partial charge in [-0.15, -0.1) is 12.4 Å². The first-order valence-electron chi connectivity index (χ1n) is 19.8. The molecule has 3 aromatic heterocycles. The van der Waals surface area contributed by atoms with E-state index in [1.54, 1.807) is 66.7 Å². The fraction of sp³-hybridized carbons (Fsp3) is 0.196. The number of carboxylic acids is 1. The van der Waals surface area contributed by atoms with Crippen LogP contribution in [0.25, 0.3) is 11.3 Å². The number of ether oxygens (including phenoxy) is 3. The summed E-state index contributed by atoms with van der Waals surface area (Å²) in [5.41, 5.74) is 9.81. The van der Waals surface area contributed by atoms with Crippen molar-refractivity contribution in [1.29, 1.82) is 0 Å². The monoisotopic (exact) mass is 1000 g/mol. The predicted molar refractivity (Wildman–Crippen MR) is 257 cm³/mol. The lowest BCUT2D eigenvalue weighted by atomic mass is 10.1. The fourth-order valence-electron chi connectivity index (χ4n) is 5.40. The number of hydrogen-bond donors (Lipinski definition) is 4. The van der Waals surface area contributed by atoms with Gasteiger partial charge in [0.2, 0.25) is 0 Å². The van der Waals surface area contributed by atoms with Crippen LogP contribution >= 0.6 is 47.2 Å². The Hall–Kier alpha value is -6.50. The maximum Gasteiger partial charge on any atom is 0.335 e. The molecule has 0 radical (unpaired) electrons. The van der Waals surface area contributed by atoms with Crippen molar-refractivity contribution in [3.63, 3.8) is 0 Å². The Morgan fingerprint density at radius 1 is 0.567 bits per heavy atom. The number of nitrogens with one attached hydrogen (secondary N) is 2. The lowest BCUT2D eigenvalue weighted by Gasteiger charge is -2.10. The number of benzene rings is 4. The van der Waals surface area contributed by atoms with Crippen molar-refractivity contribution in [3.8, 4) is 29.3 Å². The van der Waals surface area contributed by atoms with Gasteiger partial charge in [0.25, 0.3) is 0 Å².